The van der Waals surface area contributed by atoms with Crippen LogP contribution in [0, 0.1) is 51.8 Å². The molecule has 6 aliphatic carbocycles. The van der Waals surface area contributed by atoms with E-state index in [9.17, 15) is 0 Å². The summed E-state index contributed by atoms with van der Waals surface area (Å²) in [6.07, 6.45) is 29.7. The minimum Gasteiger partial charge on any atom is -0.451 e. The van der Waals surface area contributed by atoms with Crippen LogP contribution in [0.15, 0.2) is 0 Å². The molecule has 0 amide bonds. The highest BCUT2D eigenvalue weighted by Gasteiger charge is 2.56. The van der Waals surface area contributed by atoms with Gasteiger partial charge in [0.25, 0.3) is 0 Å². The van der Waals surface area contributed by atoms with Crippen LogP contribution in [-0.4, -0.2) is 33.5 Å². The van der Waals surface area contributed by atoms with Crippen LogP contribution in [0.4, 0.5) is 0 Å². The molecule has 3 unspecified atom stereocenters. The van der Waals surface area contributed by atoms with E-state index in [0.717, 1.165) is 35.5 Å². The van der Waals surface area contributed by atoms with Crippen molar-refractivity contribution in [3.05, 3.63) is 0 Å². The summed E-state index contributed by atoms with van der Waals surface area (Å²) in [6.45, 7) is 14.5. The molecule has 6 aliphatic rings. The Kier molecular flexibility index (Phi) is 10.7. The second kappa shape index (κ2) is 13.9. The maximum atomic E-state index is 7.48. The third kappa shape index (κ3) is 6.60. The van der Waals surface area contributed by atoms with Crippen LogP contribution in [0.2, 0.25) is 0 Å². The lowest BCUT2D eigenvalue weighted by Gasteiger charge is -2.56. The third-order valence-corrected chi connectivity index (χ3v) is 17.3. The first-order valence-corrected chi connectivity index (χ1v) is 21.2. The lowest BCUT2D eigenvalue weighted by Crippen LogP contribution is -2.56. The lowest BCUT2D eigenvalue weighted by atomic mass is 9.55. The van der Waals surface area contributed by atoms with Crippen molar-refractivity contribution in [1.29, 1.82) is 0 Å². The monoisotopic (exact) mass is 613 g/mol. The van der Waals surface area contributed by atoms with Crippen LogP contribution >= 0.6 is 0 Å². The molecule has 4 heteroatoms. The van der Waals surface area contributed by atoms with Crippen molar-refractivity contribution in [3.63, 3.8) is 0 Å². The Bertz CT molecular complexity index is 743. The molecule has 6 saturated carbocycles. The molecule has 6 rings (SSSR count). The Morgan fingerprint density at radius 2 is 0.651 bits per heavy atom. The third-order valence-electron chi connectivity index (χ3n) is 15.7. The number of hydrogen-bond donors (Lipinski definition) is 0. The molecule has 3 nitrogen and oxygen atoms in total. The van der Waals surface area contributed by atoms with Crippen LogP contribution in [-0.2, 0) is 11.4 Å². The van der Waals surface area contributed by atoms with Gasteiger partial charge in [-0.2, -0.15) is 0 Å². The van der Waals surface area contributed by atoms with E-state index in [1.54, 1.807) is 0 Å². The van der Waals surface area contributed by atoms with Crippen molar-refractivity contribution in [2.24, 2.45) is 51.8 Å². The predicted octanol–water partition coefficient (Wildman–Crippen LogP) is 11.2. The Hall–Kier alpha value is 0.412. The van der Waals surface area contributed by atoms with Crippen molar-refractivity contribution < 1.29 is 11.4 Å². The summed E-state index contributed by atoms with van der Waals surface area (Å²) in [7, 11) is 0. The van der Waals surface area contributed by atoms with Crippen molar-refractivity contribution >= 4 is 15.1 Å². The molecule has 0 bridgehead atoms. The molecule has 0 aromatic heterocycles. The Morgan fingerprint density at radius 1 is 0.419 bits per heavy atom. The molecule has 0 aromatic rings. The molecule has 246 valence electrons. The minimum atomic E-state index is -2.31. The van der Waals surface area contributed by atoms with E-state index in [1.807, 2.05) is 0 Å². The molecule has 0 N–H and O–H groups in total. The van der Waals surface area contributed by atoms with Gasteiger partial charge < -0.3 is 11.4 Å². The van der Waals surface area contributed by atoms with Gasteiger partial charge in [-0.3, -0.25) is 0 Å². The van der Waals surface area contributed by atoms with E-state index in [0.29, 0.717) is 34.6 Å². The van der Waals surface area contributed by atoms with E-state index >= 15 is 0 Å². The quantitative estimate of drug-likeness (QED) is 0.144. The van der Waals surface area contributed by atoms with Gasteiger partial charge in [0, 0.05) is 18.3 Å². The molecule has 0 saturated heterocycles. The van der Waals surface area contributed by atoms with Gasteiger partial charge in [-0.15, -0.1) is 0 Å². The number of rotatable bonds is 18. The fourth-order valence-corrected chi connectivity index (χ4v) is 13.2. The van der Waals surface area contributed by atoms with Gasteiger partial charge in [0.05, 0.1) is 0 Å². The first-order valence-electron chi connectivity index (χ1n) is 19.8. The fourth-order valence-electron chi connectivity index (χ4n) is 10.9. The highest BCUT2D eigenvalue weighted by Crippen LogP contribution is 2.58. The zero-order valence-electron chi connectivity index (χ0n) is 29.3. The first kappa shape index (κ1) is 33.3. The summed E-state index contributed by atoms with van der Waals surface area (Å²) in [5.74, 6) is 4.42. The fraction of sp³-hybridized carbons (Fsp3) is 1.00. The normalized spacial score (nSPS) is 29.7. The van der Waals surface area contributed by atoms with Crippen LogP contribution in [0.5, 0.6) is 0 Å². The van der Waals surface area contributed by atoms with Gasteiger partial charge in [0.15, 0.2) is 0 Å². The van der Waals surface area contributed by atoms with Crippen molar-refractivity contribution in [3.8, 4) is 0 Å². The molecular weight excluding hydrogens is 543 g/mol. The van der Waals surface area contributed by atoms with Gasteiger partial charge in [-0.05, 0) is 129 Å². The topological polar surface area (TPSA) is 27.7 Å². The molecular formula is C39H69AlO3. The van der Waals surface area contributed by atoms with Gasteiger partial charge in [0.2, 0.25) is 0 Å². The van der Waals surface area contributed by atoms with E-state index < -0.39 is 15.1 Å². The van der Waals surface area contributed by atoms with Crippen molar-refractivity contribution in [1.82, 2.24) is 0 Å². The second-order valence-electron chi connectivity index (χ2n) is 17.3. The zero-order valence-corrected chi connectivity index (χ0v) is 30.5. The summed E-state index contributed by atoms with van der Waals surface area (Å²) in [5, 5.41) is 0. The average molecular weight is 613 g/mol. The second-order valence-corrected chi connectivity index (χ2v) is 18.7. The van der Waals surface area contributed by atoms with Crippen LogP contribution < -0.4 is 0 Å². The lowest BCUT2D eigenvalue weighted by molar-refractivity contribution is -0.142. The predicted molar refractivity (Wildman–Crippen MR) is 180 cm³/mol. The molecule has 6 fully saturated rings. The SMILES string of the molecule is CCC1(CC)CC(C([O][Al]([O]C(C2CCC2)C2CC(CC)(CC)C2)[O]C(C2CCC2)C2CC(CC)(CC)C2)C2CCC2)C1. The average Bonchev–Trinajstić information content (AvgIpc) is 2.85. The summed E-state index contributed by atoms with van der Waals surface area (Å²) < 4.78 is 22.4. The summed E-state index contributed by atoms with van der Waals surface area (Å²) in [4.78, 5) is 0. The van der Waals surface area contributed by atoms with Crippen molar-refractivity contribution in [2.75, 3.05) is 0 Å². The summed E-state index contributed by atoms with van der Waals surface area (Å²) >= 11 is -2.31. The Balaban J connectivity index is 1.22. The highest BCUT2D eigenvalue weighted by molar-refractivity contribution is 6.36. The summed E-state index contributed by atoms with van der Waals surface area (Å²) in [6, 6.07) is 0. The Morgan fingerprint density at radius 3 is 0.814 bits per heavy atom. The zero-order chi connectivity index (χ0) is 30.2. The van der Waals surface area contributed by atoms with E-state index in [2.05, 4.69) is 41.5 Å². The van der Waals surface area contributed by atoms with E-state index in [-0.39, 0.29) is 0 Å². The maximum Gasteiger partial charge on any atom is 0.906 e. The minimum absolute atomic E-state index is 0.388. The largest absolute Gasteiger partial charge is 0.906 e. The summed E-state index contributed by atoms with van der Waals surface area (Å²) in [5.41, 5.74) is 1.72. The highest BCUT2D eigenvalue weighted by atomic mass is 27.3. The van der Waals surface area contributed by atoms with Gasteiger partial charge in [-0.1, -0.05) is 99.3 Å². The standard InChI is InChI=1S/3C13H23O.Al/c3*1-3-13(4-2)8-11(9-13)12(14)10-6-5-7-10;/h3*10-12H,3-9H2,1-2H3;/q3*-1;+3. The molecule has 0 spiro atoms. The van der Waals surface area contributed by atoms with Gasteiger partial charge in [-0.25, -0.2) is 0 Å². The molecule has 0 aliphatic heterocycles. The molecule has 3 atom stereocenters. The molecule has 0 aromatic carbocycles. The molecule has 0 heterocycles. The van der Waals surface area contributed by atoms with Gasteiger partial charge >= 0.3 is 15.1 Å². The smallest absolute Gasteiger partial charge is 0.451 e. The first-order chi connectivity index (χ1) is 20.8. The van der Waals surface area contributed by atoms with Crippen LogP contribution in [0.1, 0.15) is 176 Å². The van der Waals surface area contributed by atoms with E-state index in [1.165, 1.54) is 135 Å². The molecule has 43 heavy (non-hydrogen) atoms. The van der Waals surface area contributed by atoms with Gasteiger partial charge in [0.1, 0.15) is 0 Å². The number of hydrogen-bond acceptors (Lipinski definition) is 3. The Labute approximate surface area is 272 Å². The van der Waals surface area contributed by atoms with Crippen molar-refractivity contribution in [2.45, 2.75) is 195 Å². The van der Waals surface area contributed by atoms with Crippen LogP contribution in [0.25, 0.3) is 0 Å². The maximum absolute atomic E-state index is 7.48. The van der Waals surface area contributed by atoms with Crippen LogP contribution in [0.3, 0.4) is 0 Å². The molecule has 0 radical (unpaired) electrons. The van der Waals surface area contributed by atoms with E-state index in [4.69, 9.17) is 11.4 Å².